The van der Waals surface area contributed by atoms with Crippen molar-refractivity contribution in [1.29, 1.82) is 0 Å². The molecule has 1 amide bonds. The molecular formula is C46H89NO10. The fraction of sp³-hybridized carbons (Fsp3) is 0.935. The first-order valence-corrected chi connectivity index (χ1v) is 23.6. The number of aliphatic hydroxyl groups excluding tert-OH is 7. The molecule has 1 rings (SSSR count). The lowest BCUT2D eigenvalue weighted by Crippen LogP contribution is -2.60. The Morgan fingerprint density at radius 3 is 1.47 bits per heavy atom. The monoisotopic (exact) mass is 816 g/mol. The van der Waals surface area contributed by atoms with Crippen molar-refractivity contribution in [3.8, 4) is 0 Å². The number of carbonyl (C=O) groups excluding carboxylic acids is 1. The van der Waals surface area contributed by atoms with Crippen LogP contribution in [0.2, 0.25) is 0 Å². The van der Waals surface area contributed by atoms with Gasteiger partial charge in [0, 0.05) is 0 Å². The number of rotatable bonds is 39. The quantitative estimate of drug-likeness (QED) is 0.0226. The molecule has 11 nitrogen and oxygen atoms in total. The molecule has 338 valence electrons. The highest BCUT2D eigenvalue weighted by atomic mass is 16.7. The molecule has 0 radical (unpaired) electrons. The normalized spacial score (nSPS) is 22.2. The molecule has 11 heteroatoms. The van der Waals surface area contributed by atoms with Crippen LogP contribution in [0.25, 0.3) is 0 Å². The Bertz CT molecular complexity index is 939. The van der Waals surface area contributed by atoms with E-state index >= 15 is 0 Å². The van der Waals surface area contributed by atoms with Gasteiger partial charge >= 0.3 is 0 Å². The van der Waals surface area contributed by atoms with Crippen molar-refractivity contribution in [2.24, 2.45) is 0 Å². The Morgan fingerprint density at radius 1 is 0.596 bits per heavy atom. The summed E-state index contributed by atoms with van der Waals surface area (Å²) in [6.45, 7) is 3.36. The van der Waals surface area contributed by atoms with E-state index in [1.807, 2.05) is 0 Å². The third kappa shape index (κ3) is 26.6. The average molecular weight is 816 g/mol. The van der Waals surface area contributed by atoms with E-state index in [1.54, 1.807) is 0 Å². The zero-order chi connectivity index (χ0) is 41.9. The van der Waals surface area contributed by atoms with Crippen LogP contribution in [-0.4, -0.2) is 110 Å². The molecule has 1 aliphatic heterocycles. The molecule has 9 unspecified atom stereocenters. The van der Waals surface area contributed by atoms with Crippen molar-refractivity contribution in [2.75, 3.05) is 13.2 Å². The Hall–Kier alpha value is -1.15. The van der Waals surface area contributed by atoms with E-state index in [-0.39, 0.29) is 6.42 Å². The third-order valence-corrected chi connectivity index (χ3v) is 11.6. The highest BCUT2D eigenvalue weighted by molar-refractivity contribution is 5.80. The summed E-state index contributed by atoms with van der Waals surface area (Å²) in [4.78, 5) is 13.0. The average Bonchev–Trinajstić information content (AvgIpc) is 3.21. The topological polar surface area (TPSA) is 189 Å². The number of allylic oxidation sites excluding steroid dienone is 2. The summed E-state index contributed by atoms with van der Waals surface area (Å²) in [5, 5.41) is 75.2. The molecule has 0 saturated carbocycles. The molecule has 57 heavy (non-hydrogen) atoms. The van der Waals surface area contributed by atoms with E-state index in [9.17, 15) is 40.5 Å². The molecule has 0 aromatic carbocycles. The van der Waals surface area contributed by atoms with Gasteiger partial charge in [-0.05, 0) is 38.5 Å². The molecule has 1 saturated heterocycles. The molecule has 9 atom stereocenters. The van der Waals surface area contributed by atoms with E-state index in [0.717, 1.165) is 57.8 Å². The van der Waals surface area contributed by atoms with E-state index in [2.05, 4.69) is 31.3 Å². The number of ether oxygens (including phenoxy) is 2. The zero-order valence-electron chi connectivity index (χ0n) is 36.3. The molecule has 0 spiro atoms. The van der Waals surface area contributed by atoms with Gasteiger partial charge in [-0.1, -0.05) is 180 Å². The molecule has 0 aliphatic carbocycles. The van der Waals surface area contributed by atoms with Gasteiger partial charge in [0.05, 0.1) is 25.4 Å². The first kappa shape index (κ1) is 53.9. The second-order valence-corrected chi connectivity index (χ2v) is 16.8. The van der Waals surface area contributed by atoms with Gasteiger partial charge in [0.2, 0.25) is 5.91 Å². The Balaban J connectivity index is 2.27. The predicted molar refractivity (Wildman–Crippen MR) is 229 cm³/mol. The number of carbonyl (C=O) groups is 1. The fourth-order valence-corrected chi connectivity index (χ4v) is 7.61. The van der Waals surface area contributed by atoms with Crippen LogP contribution in [0.1, 0.15) is 206 Å². The van der Waals surface area contributed by atoms with Gasteiger partial charge in [0.15, 0.2) is 6.29 Å². The highest BCUT2D eigenvalue weighted by Crippen LogP contribution is 2.23. The number of hydrogen-bond acceptors (Lipinski definition) is 10. The second-order valence-electron chi connectivity index (χ2n) is 16.8. The molecule has 0 aromatic heterocycles. The van der Waals surface area contributed by atoms with Gasteiger partial charge in [-0.15, -0.1) is 0 Å². The van der Waals surface area contributed by atoms with Gasteiger partial charge in [-0.3, -0.25) is 4.79 Å². The summed E-state index contributed by atoms with van der Waals surface area (Å²) in [5.74, 6) is -0.702. The maximum absolute atomic E-state index is 13.0. The summed E-state index contributed by atoms with van der Waals surface area (Å²) in [6, 6.07) is -1.16. The molecule has 1 heterocycles. The van der Waals surface area contributed by atoms with E-state index in [4.69, 9.17) is 9.47 Å². The minimum atomic E-state index is -1.66. The SMILES string of the molecule is CCCCCCCCCCCCCC/C=C\CCCCCCCCCCC(O)C(=O)NC(COC1OC(CO)C(O)C(O)C1O)C(O)C(O)CCCCCCCC. The predicted octanol–water partition coefficient (Wildman–Crippen LogP) is 7.67. The number of aliphatic hydroxyl groups is 7. The summed E-state index contributed by atoms with van der Waals surface area (Å²) in [5.41, 5.74) is 0. The number of hydrogen-bond donors (Lipinski definition) is 8. The standard InChI is InChI=1S/C46H89NO10/c1-3-5-7-9-11-12-13-14-15-16-17-18-19-20-21-22-23-24-25-26-27-28-30-32-34-39(50)45(55)47-37(41(51)38(49)33-31-29-10-8-6-4-2)36-56-46-44(54)43(53)42(52)40(35-48)57-46/h20-21,37-44,46,48-54H,3-19,22-36H2,1-2H3,(H,47,55)/b21-20-. The highest BCUT2D eigenvalue weighted by Gasteiger charge is 2.44. The minimum absolute atomic E-state index is 0.258. The maximum Gasteiger partial charge on any atom is 0.249 e. The Kier molecular flexibility index (Phi) is 34.7. The zero-order valence-corrected chi connectivity index (χ0v) is 36.3. The summed E-state index contributed by atoms with van der Waals surface area (Å²) in [7, 11) is 0. The first-order chi connectivity index (χ1) is 27.7. The van der Waals surface area contributed by atoms with Gasteiger partial charge in [-0.2, -0.15) is 0 Å². The van der Waals surface area contributed by atoms with Crippen molar-refractivity contribution < 1.29 is 50.0 Å². The van der Waals surface area contributed by atoms with Crippen LogP contribution in [0.15, 0.2) is 12.2 Å². The lowest BCUT2D eigenvalue weighted by Gasteiger charge is -2.40. The largest absolute Gasteiger partial charge is 0.394 e. The Morgan fingerprint density at radius 2 is 1.02 bits per heavy atom. The van der Waals surface area contributed by atoms with E-state index in [0.29, 0.717) is 19.3 Å². The smallest absolute Gasteiger partial charge is 0.249 e. The van der Waals surface area contributed by atoms with Gasteiger partial charge < -0.3 is 50.5 Å². The number of nitrogens with one attached hydrogen (secondary N) is 1. The molecule has 0 aromatic rings. The van der Waals surface area contributed by atoms with Crippen LogP contribution < -0.4 is 5.32 Å². The lowest BCUT2D eigenvalue weighted by molar-refractivity contribution is -0.303. The fourth-order valence-electron chi connectivity index (χ4n) is 7.61. The van der Waals surface area contributed by atoms with Crippen molar-refractivity contribution in [1.82, 2.24) is 5.32 Å². The second kappa shape index (κ2) is 36.7. The van der Waals surface area contributed by atoms with Crippen molar-refractivity contribution >= 4 is 5.91 Å². The van der Waals surface area contributed by atoms with Crippen LogP contribution in [-0.2, 0) is 14.3 Å². The van der Waals surface area contributed by atoms with Gasteiger partial charge in [-0.25, -0.2) is 0 Å². The maximum atomic E-state index is 13.0. The van der Waals surface area contributed by atoms with Crippen LogP contribution in [0.3, 0.4) is 0 Å². The van der Waals surface area contributed by atoms with Gasteiger partial charge in [0.1, 0.15) is 36.6 Å². The van der Waals surface area contributed by atoms with Crippen LogP contribution in [0, 0.1) is 0 Å². The van der Waals surface area contributed by atoms with Crippen LogP contribution in [0.5, 0.6) is 0 Å². The Labute approximate surface area is 347 Å². The van der Waals surface area contributed by atoms with Crippen molar-refractivity contribution in [3.05, 3.63) is 12.2 Å². The number of amides is 1. The van der Waals surface area contributed by atoms with Crippen LogP contribution in [0.4, 0.5) is 0 Å². The molecule has 8 N–H and O–H groups in total. The van der Waals surface area contributed by atoms with Crippen molar-refractivity contribution in [3.63, 3.8) is 0 Å². The van der Waals surface area contributed by atoms with Crippen LogP contribution >= 0.6 is 0 Å². The van der Waals surface area contributed by atoms with Crippen molar-refractivity contribution in [2.45, 2.75) is 262 Å². The molecule has 0 bridgehead atoms. The van der Waals surface area contributed by atoms with E-state index < -0.39 is 74.2 Å². The number of unbranched alkanes of at least 4 members (excludes halogenated alkanes) is 25. The molecule has 1 aliphatic rings. The van der Waals surface area contributed by atoms with E-state index in [1.165, 1.54) is 109 Å². The lowest BCUT2D eigenvalue weighted by atomic mass is 9.98. The van der Waals surface area contributed by atoms with Gasteiger partial charge in [0.25, 0.3) is 0 Å². The first-order valence-electron chi connectivity index (χ1n) is 23.6. The molecule has 1 fully saturated rings. The summed E-state index contributed by atoms with van der Waals surface area (Å²) < 4.78 is 11.0. The summed E-state index contributed by atoms with van der Waals surface area (Å²) in [6.07, 6.45) is 27.5. The minimum Gasteiger partial charge on any atom is -0.394 e. The third-order valence-electron chi connectivity index (χ3n) is 11.6. The summed E-state index contributed by atoms with van der Waals surface area (Å²) >= 11 is 0. The molecular weight excluding hydrogens is 727 g/mol.